The SMILES string of the molecule is CC(O)(CNC(=O)CCCCCCNC(=O)OCC1c2ccccc2-c2ccccc21)C(=O)O. The summed E-state index contributed by atoms with van der Waals surface area (Å²) in [5, 5.41) is 23.6. The normalized spacial score (nSPS) is 13.9. The highest BCUT2D eigenvalue weighted by Crippen LogP contribution is 2.44. The largest absolute Gasteiger partial charge is 0.479 e. The molecule has 1 atom stereocenters. The maximum Gasteiger partial charge on any atom is 0.407 e. The number of hydrogen-bond acceptors (Lipinski definition) is 5. The number of fused-ring (bicyclic) bond motifs is 3. The predicted octanol–water partition coefficient (Wildman–Crippen LogP) is 3.43. The maximum absolute atomic E-state index is 12.2. The summed E-state index contributed by atoms with van der Waals surface area (Å²) in [7, 11) is 0. The van der Waals surface area contributed by atoms with Crippen molar-refractivity contribution in [2.75, 3.05) is 19.7 Å². The topological polar surface area (TPSA) is 125 Å². The van der Waals surface area contributed by atoms with Crippen LogP contribution in [0.5, 0.6) is 0 Å². The van der Waals surface area contributed by atoms with Gasteiger partial charge in [-0.1, -0.05) is 61.4 Å². The van der Waals surface area contributed by atoms with E-state index in [-0.39, 0.29) is 31.4 Å². The summed E-state index contributed by atoms with van der Waals surface area (Å²) in [6.07, 6.45) is 2.87. The van der Waals surface area contributed by atoms with Crippen LogP contribution in [-0.2, 0) is 14.3 Å². The summed E-state index contributed by atoms with van der Waals surface area (Å²) in [6.45, 7) is 1.58. The second kappa shape index (κ2) is 11.7. The van der Waals surface area contributed by atoms with Gasteiger partial charge in [0.2, 0.25) is 5.91 Å². The third-order valence-corrected chi connectivity index (χ3v) is 6.03. The first kappa shape index (κ1) is 25.2. The number of aliphatic hydroxyl groups is 1. The fourth-order valence-corrected chi connectivity index (χ4v) is 4.04. The van der Waals surface area contributed by atoms with Crippen molar-refractivity contribution in [3.63, 3.8) is 0 Å². The van der Waals surface area contributed by atoms with Gasteiger partial charge in [0.05, 0.1) is 6.54 Å². The van der Waals surface area contributed by atoms with E-state index in [2.05, 4.69) is 34.9 Å². The van der Waals surface area contributed by atoms with Crippen LogP contribution in [0.2, 0.25) is 0 Å². The number of rotatable bonds is 12. The molecular formula is C26H32N2O6. The highest BCUT2D eigenvalue weighted by atomic mass is 16.5. The van der Waals surface area contributed by atoms with Crippen LogP contribution in [0, 0.1) is 0 Å². The first-order chi connectivity index (χ1) is 16.3. The van der Waals surface area contributed by atoms with Crippen LogP contribution in [-0.4, -0.2) is 53.5 Å². The minimum absolute atomic E-state index is 0.0310. The molecule has 34 heavy (non-hydrogen) atoms. The molecule has 1 aliphatic carbocycles. The summed E-state index contributed by atoms with van der Waals surface area (Å²) in [4.78, 5) is 34.7. The fraction of sp³-hybridized carbons (Fsp3) is 0.423. The predicted molar refractivity (Wildman–Crippen MR) is 127 cm³/mol. The van der Waals surface area contributed by atoms with Gasteiger partial charge in [-0.05, 0) is 42.0 Å². The Balaban J connectivity index is 1.28. The van der Waals surface area contributed by atoms with Gasteiger partial charge in [-0.25, -0.2) is 9.59 Å². The third kappa shape index (κ3) is 6.57. The van der Waals surface area contributed by atoms with E-state index in [0.29, 0.717) is 13.0 Å². The van der Waals surface area contributed by atoms with Crippen LogP contribution < -0.4 is 10.6 Å². The van der Waals surface area contributed by atoms with Crippen molar-refractivity contribution in [1.29, 1.82) is 0 Å². The molecule has 1 unspecified atom stereocenters. The van der Waals surface area contributed by atoms with Crippen molar-refractivity contribution >= 4 is 18.0 Å². The van der Waals surface area contributed by atoms with Gasteiger partial charge in [-0.15, -0.1) is 0 Å². The van der Waals surface area contributed by atoms with Crippen molar-refractivity contribution in [2.24, 2.45) is 0 Å². The monoisotopic (exact) mass is 468 g/mol. The summed E-state index contributed by atoms with van der Waals surface area (Å²) < 4.78 is 5.50. The molecule has 0 saturated carbocycles. The average molecular weight is 469 g/mol. The molecule has 2 aromatic rings. The summed E-state index contributed by atoms with van der Waals surface area (Å²) in [6, 6.07) is 16.4. The van der Waals surface area contributed by atoms with Crippen molar-refractivity contribution in [3.8, 4) is 11.1 Å². The van der Waals surface area contributed by atoms with E-state index < -0.39 is 17.7 Å². The van der Waals surface area contributed by atoms with Crippen LogP contribution in [0.15, 0.2) is 48.5 Å². The molecule has 0 bridgehead atoms. The van der Waals surface area contributed by atoms with Gasteiger partial charge in [-0.3, -0.25) is 4.79 Å². The average Bonchev–Trinajstić information content (AvgIpc) is 3.14. The first-order valence-electron chi connectivity index (χ1n) is 11.6. The number of carbonyl (C=O) groups excluding carboxylic acids is 2. The molecular weight excluding hydrogens is 436 g/mol. The van der Waals surface area contributed by atoms with E-state index in [1.54, 1.807) is 0 Å². The highest BCUT2D eigenvalue weighted by molar-refractivity contribution is 5.80. The molecule has 8 heteroatoms. The molecule has 0 saturated heterocycles. The minimum atomic E-state index is -1.97. The van der Waals surface area contributed by atoms with Crippen LogP contribution in [0.1, 0.15) is 56.1 Å². The summed E-state index contributed by atoms with van der Waals surface area (Å²) >= 11 is 0. The number of nitrogens with one attached hydrogen (secondary N) is 2. The van der Waals surface area contributed by atoms with Crippen LogP contribution >= 0.6 is 0 Å². The van der Waals surface area contributed by atoms with Crippen molar-refractivity contribution in [3.05, 3.63) is 59.7 Å². The van der Waals surface area contributed by atoms with Crippen molar-refractivity contribution < 1.29 is 29.3 Å². The van der Waals surface area contributed by atoms with Gasteiger partial charge >= 0.3 is 12.1 Å². The number of benzene rings is 2. The molecule has 0 aromatic heterocycles. The molecule has 0 radical (unpaired) electrons. The smallest absolute Gasteiger partial charge is 0.407 e. The van der Waals surface area contributed by atoms with Gasteiger partial charge in [0, 0.05) is 18.9 Å². The fourth-order valence-electron chi connectivity index (χ4n) is 4.04. The Labute approximate surface area is 199 Å². The van der Waals surface area contributed by atoms with E-state index >= 15 is 0 Å². The third-order valence-electron chi connectivity index (χ3n) is 6.03. The number of ether oxygens (including phenoxy) is 1. The van der Waals surface area contributed by atoms with E-state index in [9.17, 15) is 19.5 Å². The Kier molecular flexibility index (Phi) is 8.65. The van der Waals surface area contributed by atoms with E-state index in [1.807, 2.05) is 24.3 Å². The molecule has 2 amide bonds. The number of carboxylic acid groups (broad SMARTS) is 1. The lowest BCUT2D eigenvalue weighted by Crippen LogP contribution is -2.46. The molecule has 2 aromatic carbocycles. The Bertz CT molecular complexity index is 974. The van der Waals surface area contributed by atoms with Gasteiger partial charge in [-0.2, -0.15) is 0 Å². The van der Waals surface area contributed by atoms with Gasteiger partial charge in [0.25, 0.3) is 0 Å². The van der Waals surface area contributed by atoms with Crippen molar-refractivity contribution in [1.82, 2.24) is 10.6 Å². The second-order valence-electron chi connectivity index (χ2n) is 8.77. The zero-order chi connectivity index (χ0) is 24.6. The molecule has 0 aliphatic heterocycles. The Morgan fingerprint density at radius 2 is 1.50 bits per heavy atom. The number of hydrogen-bond donors (Lipinski definition) is 4. The van der Waals surface area contributed by atoms with Crippen LogP contribution in [0.3, 0.4) is 0 Å². The molecule has 4 N–H and O–H groups in total. The minimum Gasteiger partial charge on any atom is -0.479 e. The molecule has 0 spiro atoms. The van der Waals surface area contributed by atoms with Gasteiger partial charge < -0.3 is 25.6 Å². The number of amides is 2. The lowest BCUT2D eigenvalue weighted by atomic mass is 9.98. The summed E-state index contributed by atoms with van der Waals surface area (Å²) in [5.74, 6) is -1.64. The summed E-state index contributed by atoms with van der Waals surface area (Å²) in [5.41, 5.74) is 2.75. The molecule has 0 fully saturated rings. The molecule has 1 aliphatic rings. The second-order valence-corrected chi connectivity index (χ2v) is 8.77. The number of carboxylic acids is 1. The van der Waals surface area contributed by atoms with Crippen molar-refractivity contribution in [2.45, 2.75) is 50.5 Å². The lowest BCUT2D eigenvalue weighted by molar-refractivity contribution is -0.156. The molecule has 182 valence electrons. The van der Waals surface area contributed by atoms with Gasteiger partial charge in [0.1, 0.15) is 6.61 Å². The molecule has 3 rings (SSSR count). The quantitative estimate of drug-likeness (QED) is 0.354. The zero-order valence-electron chi connectivity index (χ0n) is 19.4. The number of aliphatic carboxylic acids is 1. The Morgan fingerprint density at radius 3 is 2.12 bits per heavy atom. The zero-order valence-corrected chi connectivity index (χ0v) is 19.4. The maximum atomic E-state index is 12.2. The Morgan fingerprint density at radius 1 is 0.912 bits per heavy atom. The highest BCUT2D eigenvalue weighted by Gasteiger charge is 2.30. The Hall–Kier alpha value is -3.39. The lowest BCUT2D eigenvalue weighted by Gasteiger charge is -2.18. The van der Waals surface area contributed by atoms with E-state index in [4.69, 9.17) is 9.84 Å². The molecule has 8 nitrogen and oxygen atoms in total. The van der Waals surface area contributed by atoms with Crippen LogP contribution in [0.4, 0.5) is 4.79 Å². The molecule has 0 heterocycles. The standard InChI is InChI=1S/C26H32N2O6/c1-26(33,24(30)31)17-28-23(29)14-4-2-3-9-15-27-25(32)34-16-22-20-12-7-5-10-18(20)19-11-6-8-13-21(19)22/h5-8,10-13,22,33H,2-4,9,14-17H2,1H3,(H,27,32)(H,28,29)(H,30,31). The number of carbonyl (C=O) groups is 3. The van der Waals surface area contributed by atoms with E-state index in [0.717, 1.165) is 26.2 Å². The van der Waals surface area contributed by atoms with E-state index in [1.165, 1.54) is 22.3 Å². The number of unbranched alkanes of at least 4 members (excludes halogenated alkanes) is 3. The van der Waals surface area contributed by atoms with Gasteiger partial charge in [0.15, 0.2) is 5.60 Å². The van der Waals surface area contributed by atoms with Crippen LogP contribution in [0.25, 0.3) is 11.1 Å². The number of alkyl carbamates (subject to hydrolysis) is 1. The first-order valence-corrected chi connectivity index (χ1v) is 11.6.